The van der Waals surface area contributed by atoms with Crippen molar-refractivity contribution in [2.24, 2.45) is 0 Å². The van der Waals surface area contributed by atoms with Gasteiger partial charge in [0.25, 0.3) is 0 Å². The number of hydrogen-bond donors (Lipinski definition) is 2. The van der Waals surface area contributed by atoms with E-state index in [2.05, 4.69) is 15.1 Å². The first-order valence-electron chi connectivity index (χ1n) is 5.54. The molecule has 0 aromatic carbocycles. The Hall–Kier alpha value is -0.230. The van der Waals surface area contributed by atoms with Gasteiger partial charge in [0.15, 0.2) is 0 Å². The van der Waals surface area contributed by atoms with Gasteiger partial charge in [0.2, 0.25) is 0 Å². The van der Waals surface area contributed by atoms with E-state index in [1.54, 1.807) is 0 Å². The molecular weight excluding hydrogens is 199 g/mol. The Bertz CT molecular complexity index is 172. The molecule has 4 nitrogen and oxygen atoms in total. The molecule has 2 N–H and O–H groups in total. The molecular formula is C10H21FN2O2. The van der Waals surface area contributed by atoms with Crippen LogP contribution >= 0.6 is 0 Å². The zero-order valence-corrected chi connectivity index (χ0v) is 9.29. The fraction of sp³-hybridized carbons (Fsp3) is 1.00. The summed E-state index contributed by atoms with van der Waals surface area (Å²) in [5, 5.41) is 11.3. The van der Waals surface area contributed by atoms with Gasteiger partial charge in [0.1, 0.15) is 6.17 Å². The maximum absolute atomic E-state index is 12.9. The lowest BCUT2D eigenvalue weighted by Gasteiger charge is -2.20. The van der Waals surface area contributed by atoms with Gasteiger partial charge in [-0.15, -0.1) is 0 Å². The summed E-state index contributed by atoms with van der Waals surface area (Å²) in [6.45, 7) is 2.73. The van der Waals surface area contributed by atoms with Crippen molar-refractivity contribution in [1.82, 2.24) is 10.2 Å². The first-order valence-corrected chi connectivity index (χ1v) is 5.54. The topological polar surface area (TPSA) is 44.7 Å². The average molecular weight is 220 g/mol. The van der Waals surface area contributed by atoms with Crippen LogP contribution in [-0.2, 0) is 4.89 Å². The quantitative estimate of drug-likeness (QED) is 0.380. The van der Waals surface area contributed by atoms with Crippen LogP contribution in [0.4, 0.5) is 4.39 Å². The minimum atomic E-state index is -0.675. The van der Waals surface area contributed by atoms with Gasteiger partial charge < -0.3 is 10.2 Å². The third kappa shape index (κ3) is 5.41. The van der Waals surface area contributed by atoms with Crippen LogP contribution in [0.3, 0.4) is 0 Å². The molecule has 0 radical (unpaired) electrons. The first kappa shape index (κ1) is 12.8. The lowest BCUT2D eigenvalue weighted by atomic mass is 10.2. The molecule has 0 amide bonds. The Morgan fingerprint density at radius 1 is 1.53 bits per heavy atom. The van der Waals surface area contributed by atoms with Crippen molar-refractivity contribution < 1.29 is 14.5 Å². The maximum atomic E-state index is 12.9. The average Bonchev–Trinajstić information content (AvgIpc) is 2.59. The maximum Gasteiger partial charge on any atom is 0.114 e. The largest absolute Gasteiger partial charge is 0.310 e. The van der Waals surface area contributed by atoms with Gasteiger partial charge in [-0.25, -0.2) is 9.28 Å². The van der Waals surface area contributed by atoms with Crippen molar-refractivity contribution in [1.29, 1.82) is 0 Å². The molecule has 1 aliphatic rings. The third-order valence-corrected chi connectivity index (χ3v) is 2.73. The van der Waals surface area contributed by atoms with E-state index in [9.17, 15) is 4.39 Å². The predicted molar refractivity (Wildman–Crippen MR) is 56.6 cm³/mol. The highest BCUT2D eigenvalue weighted by Crippen LogP contribution is 2.10. The van der Waals surface area contributed by atoms with Crippen molar-refractivity contribution in [2.75, 3.05) is 33.3 Å². The number of alkyl halides is 1. The Morgan fingerprint density at radius 3 is 2.93 bits per heavy atom. The minimum absolute atomic E-state index is 0.291. The van der Waals surface area contributed by atoms with Crippen LogP contribution in [0.2, 0.25) is 0 Å². The van der Waals surface area contributed by atoms with Crippen LogP contribution < -0.4 is 5.32 Å². The molecule has 0 bridgehead atoms. The van der Waals surface area contributed by atoms with Crippen LogP contribution in [0, 0.1) is 0 Å². The number of nitrogens with one attached hydrogen (secondary N) is 1. The molecule has 0 aromatic heterocycles. The van der Waals surface area contributed by atoms with Gasteiger partial charge in [-0.3, -0.25) is 5.26 Å². The van der Waals surface area contributed by atoms with Crippen molar-refractivity contribution in [3.63, 3.8) is 0 Å². The number of likely N-dealkylation sites (N-methyl/N-ethyl adjacent to an activating group) is 1. The Balaban J connectivity index is 2.00. The summed E-state index contributed by atoms with van der Waals surface area (Å²) in [6.07, 6.45) is 1.80. The van der Waals surface area contributed by atoms with Crippen LogP contribution in [0.25, 0.3) is 0 Å². The standard InChI is InChI=1S/C10H21FN2O2/c1-13(4-2-3-5-15-14)8-10-6-9(11)7-12-10/h9-10,12,14H,2-8H2,1H3. The molecule has 1 rings (SSSR count). The molecule has 0 aromatic rings. The fourth-order valence-corrected chi connectivity index (χ4v) is 1.92. The van der Waals surface area contributed by atoms with Gasteiger partial charge in [-0.05, 0) is 32.9 Å². The first-order chi connectivity index (χ1) is 7.22. The smallest absolute Gasteiger partial charge is 0.114 e. The van der Waals surface area contributed by atoms with E-state index in [0.29, 0.717) is 25.6 Å². The van der Waals surface area contributed by atoms with E-state index in [1.807, 2.05) is 7.05 Å². The molecule has 2 unspecified atom stereocenters. The summed E-state index contributed by atoms with van der Waals surface area (Å²) in [6, 6.07) is 0.291. The van der Waals surface area contributed by atoms with E-state index in [0.717, 1.165) is 25.9 Å². The second-order valence-corrected chi connectivity index (χ2v) is 4.24. The third-order valence-electron chi connectivity index (χ3n) is 2.73. The summed E-state index contributed by atoms with van der Waals surface area (Å²) < 4.78 is 12.9. The zero-order chi connectivity index (χ0) is 11.1. The van der Waals surface area contributed by atoms with Gasteiger partial charge in [0, 0.05) is 19.1 Å². The van der Waals surface area contributed by atoms with Crippen molar-refractivity contribution >= 4 is 0 Å². The van der Waals surface area contributed by atoms with Gasteiger partial charge in [-0.1, -0.05) is 0 Å². The predicted octanol–water partition coefficient (Wildman–Crippen LogP) is 0.888. The van der Waals surface area contributed by atoms with E-state index in [-0.39, 0.29) is 0 Å². The molecule has 1 fully saturated rings. The SMILES string of the molecule is CN(CCCCOO)CC1CC(F)CN1. The minimum Gasteiger partial charge on any atom is -0.310 e. The number of unbranched alkanes of at least 4 members (excludes halogenated alkanes) is 1. The van der Waals surface area contributed by atoms with Crippen LogP contribution in [0.5, 0.6) is 0 Å². The van der Waals surface area contributed by atoms with E-state index in [4.69, 9.17) is 5.26 Å². The zero-order valence-electron chi connectivity index (χ0n) is 9.29. The second-order valence-electron chi connectivity index (χ2n) is 4.24. The Labute approximate surface area is 90.3 Å². The van der Waals surface area contributed by atoms with Crippen LogP contribution in [0.1, 0.15) is 19.3 Å². The summed E-state index contributed by atoms with van der Waals surface area (Å²) in [5.41, 5.74) is 0. The monoisotopic (exact) mass is 220 g/mol. The molecule has 5 heteroatoms. The molecule has 0 saturated carbocycles. The summed E-state index contributed by atoms with van der Waals surface area (Å²) in [5.74, 6) is 0. The highest BCUT2D eigenvalue weighted by molar-refractivity contribution is 4.83. The molecule has 0 spiro atoms. The number of halogens is 1. The van der Waals surface area contributed by atoms with Crippen LogP contribution in [0.15, 0.2) is 0 Å². The lowest BCUT2D eigenvalue weighted by molar-refractivity contribution is -0.242. The van der Waals surface area contributed by atoms with Gasteiger partial charge in [0.05, 0.1) is 6.61 Å². The molecule has 2 atom stereocenters. The van der Waals surface area contributed by atoms with Crippen LogP contribution in [-0.4, -0.2) is 55.7 Å². The summed E-state index contributed by atoms with van der Waals surface area (Å²) >= 11 is 0. The Kier molecular flexibility index (Phi) is 6.09. The number of rotatable bonds is 7. The second kappa shape index (κ2) is 7.11. The van der Waals surface area contributed by atoms with E-state index >= 15 is 0 Å². The normalized spacial score (nSPS) is 26.4. The lowest BCUT2D eigenvalue weighted by Crippen LogP contribution is -2.35. The molecule has 1 heterocycles. The highest BCUT2D eigenvalue weighted by Gasteiger charge is 2.23. The molecule has 1 saturated heterocycles. The van der Waals surface area contributed by atoms with Gasteiger partial charge >= 0.3 is 0 Å². The Morgan fingerprint density at radius 2 is 2.33 bits per heavy atom. The van der Waals surface area contributed by atoms with Gasteiger partial charge in [-0.2, -0.15) is 0 Å². The molecule has 15 heavy (non-hydrogen) atoms. The number of hydrogen-bond acceptors (Lipinski definition) is 4. The van der Waals surface area contributed by atoms with Crippen molar-refractivity contribution in [2.45, 2.75) is 31.5 Å². The molecule has 0 aliphatic carbocycles. The highest BCUT2D eigenvalue weighted by atomic mass is 19.1. The van der Waals surface area contributed by atoms with Crippen molar-refractivity contribution in [3.05, 3.63) is 0 Å². The fourth-order valence-electron chi connectivity index (χ4n) is 1.92. The van der Waals surface area contributed by atoms with E-state index < -0.39 is 6.17 Å². The van der Waals surface area contributed by atoms with Crippen molar-refractivity contribution in [3.8, 4) is 0 Å². The molecule has 1 aliphatic heterocycles. The summed E-state index contributed by atoms with van der Waals surface area (Å²) in [4.78, 5) is 6.18. The van der Waals surface area contributed by atoms with E-state index in [1.165, 1.54) is 0 Å². The molecule has 90 valence electrons. The number of nitrogens with zero attached hydrogens (tertiary/aromatic N) is 1. The summed E-state index contributed by atoms with van der Waals surface area (Å²) in [7, 11) is 2.03.